The van der Waals surface area contributed by atoms with Crippen molar-refractivity contribution in [2.24, 2.45) is 0 Å². The lowest BCUT2D eigenvalue weighted by Gasteiger charge is -2.34. The number of thiazole rings is 1. The highest BCUT2D eigenvalue weighted by Gasteiger charge is 2.26. The minimum atomic E-state index is -1.05. The summed E-state index contributed by atoms with van der Waals surface area (Å²) in [5, 5.41) is 2.54. The van der Waals surface area contributed by atoms with E-state index in [1.54, 1.807) is 10.3 Å². The van der Waals surface area contributed by atoms with Crippen LogP contribution < -0.4 is 0 Å². The van der Waals surface area contributed by atoms with Gasteiger partial charge in [-0.25, -0.2) is 13.8 Å². The molecule has 0 N–H and O–H groups in total. The van der Waals surface area contributed by atoms with Crippen LogP contribution in [-0.4, -0.2) is 52.8 Å². The maximum absolute atomic E-state index is 13.3. The Morgan fingerprint density at radius 2 is 1.67 bits per heavy atom. The van der Waals surface area contributed by atoms with Crippen molar-refractivity contribution in [3.63, 3.8) is 0 Å². The summed E-state index contributed by atoms with van der Waals surface area (Å²) in [5.41, 5.74) is 0.515. The van der Waals surface area contributed by atoms with E-state index in [4.69, 9.17) is 0 Å². The van der Waals surface area contributed by atoms with Crippen LogP contribution in [0.4, 0.5) is 8.78 Å². The van der Waals surface area contributed by atoms with Crippen molar-refractivity contribution in [3.8, 4) is 0 Å². The number of nitrogens with zero attached hydrogens (tertiary/aromatic N) is 3. The molecule has 1 aromatic carbocycles. The molecular weight excluding hydrogens is 336 g/mol. The molecule has 3 rings (SSSR count). The maximum Gasteiger partial charge on any atom is 0.273 e. The van der Waals surface area contributed by atoms with Gasteiger partial charge in [0.25, 0.3) is 11.8 Å². The van der Waals surface area contributed by atoms with Crippen LogP contribution in [0.2, 0.25) is 0 Å². The summed E-state index contributed by atoms with van der Waals surface area (Å²) < 4.78 is 26.2. The summed E-state index contributed by atoms with van der Waals surface area (Å²) in [6, 6.07) is 3.09. The van der Waals surface area contributed by atoms with Gasteiger partial charge in [-0.2, -0.15) is 0 Å². The minimum Gasteiger partial charge on any atom is -0.335 e. The number of halogens is 2. The third-order valence-electron chi connectivity index (χ3n) is 3.86. The summed E-state index contributed by atoms with van der Waals surface area (Å²) in [5.74, 6) is -2.56. The van der Waals surface area contributed by atoms with Gasteiger partial charge in [0.1, 0.15) is 5.69 Å². The molecule has 8 heteroatoms. The molecule has 0 saturated carbocycles. The number of aromatic nitrogens is 1. The second kappa shape index (κ2) is 6.64. The Balaban J connectivity index is 1.63. The van der Waals surface area contributed by atoms with E-state index in [0.29, 0.717) is 31.9 Å². The van der Waals surface area contributed by atoms with E-state index in [-0.39, 0.29) is 17.4 Å². The van der Waals surface area contributed by atoms with Crippen molar-refractivity contribution in [1.29, 1.82) is 0 Å². The van der Waals surface area contributed by atoms with Gasteiger partial charge in [0.15, 0.2) is 11.6 Å². The predicted molar refractivity (Wildman–Crippen MR) is 85.0 cm³/mol. The molecule has 1 fully saturated rings. The third kappa shape index (κ3) is 3.28. The second-order valence-corrected chi connectivity index (χ2v) is 6.53. The van der Waals surface area contributed by atoms with Crippen molar-refractivity contribution in [2.75, 3.05) is 26.2 Å². The van der Waals surface area contributed by atoms with Crippen LogP contribution in [0.15, 0.2) is 23.6 Å². The topological polar surface area (TPSA) is 53.5 Å². The zero-order valence-corrected chi connectivity index (χ0v) is 13.8. The average Bonchev–Trinajstić information content (AvgIpc) is 3.02. The molecule has 5 nitrogen and oxygen atoms in total. The standard InChI is InChI=1S/C16H15F2N3O2S/c1-10-19-14(9-24-10)16(23)21-6-4-20(5-7-21)15(22)11-2-3-12(17)13(18)8-11/h2-3,8-9H,4-7H2,1H3. The quantitative estimate of drug-likeness (QED) is 0.834. The van der Waals surface area contributed by atoms with Crippen molar-refractivity contribution in [3.05, 3.63) is 51.5 Å². The molecule has 1 aromatic heterocycles. The average molecular weight is 351 g/mol. The Morgan fingerprint density at radius 3 is 2.21 bits per heavy atom. The summed E-state index contributed by atoms with van der Waals surface area (Å²) in [6.07, 6.45) is 0. The first-order chi connectivity index (χ1) is 11.5. The number of carbonyl (C=O) groups excluding carboxylic acids is 2. The Kier molecular flexibility index (Phi) is 4.57. The monoisotopic (exact) mass is 351 g/mol. The smallest absolute Gasteiger partial charge is 0.273 e. The first-order valence-corrected chi connectivity index (χ1v) is 8.29. The van der Waals surface area contributed by atoms with Crippen LogP contribution in [0.5, 0.6) is 0 Å². The fourth-order valence-corrected chi connectivity index (χ4v) is 3.13. The van der Waals surface area contributed by atoms with Gasteiger partial charge in [-0.05, 0) is 25.1 Å². The normalized spacial score (nSPS) is 14.8. The second-order valence-electron chi connectivity index (χ2n) is 5.47. The van der Waals surface area contributed by atoms with Crippen molar-refractivity contribution >= 4 is 23.2 Å². The molecule has 2 heterocycles. The van der Waals surface area contributed by atoms with Crippen LogP contribution in [0.3, 0.4) is 0 Å². The van der Waals surface area contributed by atoms with E-state index < -0.39 is 11.6 Å². The van der Waals surface area contributed by atoms with Crippen LogP contribution >= 0.6 is 11.3 Å². The fraction of sp³-hybridized carbons (Fsp3) is 0.312. The van der Waals surface area contributed by atoms with Gasteiger partial charge in [0.2, 0.25) is 0 Å². The number of hydrogen-bond acceptors (Lipinski definition) is 4. The molecule has 126 valence electrons. The number of carbonyl (C=O) groups is 2. The van der Waals surface area contributed by atoms with E-state index in [2.05, 4.69) is 4.98 Å². The molecular formula is C16H15F2N3O2S. The maximum atomic E-state index is 13.3. The van der Waals surface area contributed by atoms with Crippen LogP contribution in [-0.2, 0) is 0 Å². The predicted octanol–water partition coefficient (Wildman–Crippen LogP) is 2.33. The van der Waals surface area contributed by atoms with Gasteiger partial charge >= 0.3 is 0 Å². The number of hydrogen-bond donors (Lipinski definition) is 0. The highest BCUT2D eigenvalue weighted by Crippen LogP contribution is 2.15. The van der Waals surface area contributed by atoms with E-state index in [0.717, 1.165) is 17.1 Å². The number of piperazine rings is 1. The number of benzene rings is 1. The van der Waals surface area contributed by atoms with Crippen molar-refractivity contribution in [1.82, 2.24) is 14.8 Å². The van der Waals surface area contributed by atoms with E-state index >= 15 is 0 Å². The van der Waals surface area contributed by atoms with Crippen molar-refractivity contribution in [2.45, 2.75) is 6.92 Å². The Morgan fingerprint density at radius 1 is 1.04 bits per heavy atom. The largest absolute Gasteiger partial charge is 0.335 e. The first kappa shape index (κ1) is 16.5. The van der Waals surface area contributed by atoms with Crippen molar-refractivity contribution < 1.29 is 18.4 Å². The van der Waals surface area contributed by atoms with E-state index in [1.807, 2.05) is 6.92 Å². The SMILES string of the molecule is Cc1nc(C(=O)N2CCN(C(=O)c3ccc(F)c(F)c3)CC2)cs1. The molecule has 1 aliphatic heterocycles. The van der Waals surface area contributed by atoms with E-state index in [1.165, 1.54) is 22.3 Å². The van der Waals surface area contributed by atoms with Gasteiger partial charge in [0.05, 0.1) is 5.01 Å². The van der Waals surface area contributed by atoms with Gasteiger partial charge in [-0.1, -0.05) is 0 Å². The molecule has 0 radical (unpaired) electrons. The summed E-state index contributed by atoms with van der Waals surface area (Å²) in [6.45, 7) is 3.27. The van der Waals surface area contributed by atoms with E-state index in [9.17, 15) is 18.4 Å². The highest BCUT2D eigenvalue weighted by molar-refractivity contribution is 7.09. The Hall–Kier alpha value is -2.35. The Labute approximate surface area is 141 Å². The molecule has 0 unspecified atom stereocenters. The fourth-order valence-electron chi connectivity index (χ4n) is 2.55. The number of amides is 2. The lowest BCUT2D eigenvalue weighted by molar-refractivity contribution is 0.0532. The third-order valence-corrected chi connectivity index (χ3v) is 4.63. The van der Waals surface area contributed by atoms with Crippen LogP contribution in [0.25, 0.3) is 0 Å². The summed E-state index contributed by atoms with van der Waals surface area (Å²) in [4.78, 5) is 32.0. The lowest BCUT2D eigenvalue weighted by Crippen LogP contribution is -2.50. The van der Waals surface area contributed by atoms with Gasteiger partial charge in [0, 0.05) is 37.1 Å². The zero-order chi connectivity index (χ0) is 17.3. The van der Waals surface area contributed by atoms with Gasteiger partial charge in [-0.15, -0.1) is 11.3 Å². The first-order valence-electron chi connectivity index (χ1n) is 7.41. The molecule has 0 aliphatic carbocycles. The number of aryl methyl sites for hydroxylation is 1. The molecule has 2 aromatic rings. The molecule has 2 amide bonds. The molecule has 1 aliphatic rings. The molecule has 1 saturated heterocycles. The minimum absolute atomic E-state index is 0.101. The van der Waals surface area contributed by atoms with Crippen LogP contribution in [0.1, 0.15) is 25.9 Å². The molecule has 0 bridgehead atoms. The van der Waals surface area contributed by atoms with Gasteiger partial charge in [-0.3, -0.25) is 9.59 Å². The zero-order valence-electron chi connectivity index (χ0n) is 13.0. The molecule has 0 spiro atoms. The highest BCUT2D eigenvalue weighted by atomic mass is 32.1. The summed E-state index contributed by atoms with van der Waals surface area (Å²) >= 11 is 1.41. The lowest BCUT2D eigenvalue weighted by atomic mass is 10.1. The van der Waals surface area contributed by atoms with Crippen LogP contribution in [0, 0.1) is 18.6 Å². The number of rotatable bonds is 2. The summed E-state index contributed by atoms with van der Waals surface area (Å²) in [7, 11) is 0. The Bertz CT molecular complexity index is 785. The molecule has 0 atom stereocenters. The van der Waals surface area contributed by atoms with Gasteiger partial charge < -0.3 is 9.80 Å². The molecule has 24 heavy (non-hydrogen) atoms.